The molecule has 1 aromatic heterocycles. The van der Waals surface area contributed by atoms with Gasteiger partial charge in [0.2, 0.25) is 0 Å². The van der Waals surface area contributed by atoms with Gasteiger partial charge in [-0.25, -0.2) is 9.59 Å². The Morgan fingerprint density at radius 1 is 1.53 bits per heavy atom. The van der Waals surface area contributed by atoms with Gasteiger partial charge in [0.25, 0.3) is 0 Å². The van der Waals surface area contributed by atoms with Crippen molar-refractivity contribution in [2.45, 2.75) is 20.0 Å². The van der Waals surface area contributed by atoms with Crippen molar-refractivity contribution < 1.29 is 19.4 Å². The third-order valence-electron chi connectivity index (χ3n) is 2.55. The van der Waals surface area contributed by atoms with Gasteiger partial charge in [-0.3, -0.25) is 4.68 Å². The molecule has 1 amide bonds. The summed E-state index contributed by atoms with van der Waals surface area (Å²) in [6, 6.07) is 1.58. The standard InChI is InChI=1S/C10H13N3O4/c1-2-17-9(14)8-5-7-6-12(10(15)16)3-4-13(7)11-8/h5H,2-4,6H2,1H3,(H,15,16). The van der Waals surface area contributed by atoms with Crippen molar-refractivity contribution in [3.63, 3.8) is 0 Å². The summed E-state index contributed by atoms with van der Waals surface area (Å²) in [5, 5.41) is 13.0. The Morgan fingerprint density at radius 3 is 2.94 bits per heavy atom. The molecular formula is C10H13N3O4. The minimum absolute atomic E-state index is 0.231. The average Bonchev–Trinajstić information content (AvgIpc) is 2.71. The van der Waals surface area contributed by atoms with Crippen LogP contribution < -0.4 is 0 Å². The highest BCUT2D eigenvalue weighted by atomic mass is 16.5. The lowest BCUT2D eigenvalue weighted by molar-refractivity contribution is 0.0518. The molecule has 0 atom stereocenters. The number of rotatable bonds is 2. The lowest BCUT2D eigenvalue weighted by Crippen LogP contribution is -2.37. The molecule has 2 rings (SSSR count). The van der Waals surface area contributed by atoms with Crippen molar-refractivity contribution in [3.05, 3.63) is 17.5 Å². The number of amides is 1. The maximum absolute atomic E-state index is 11.4. The van der Waals surface area contributed by atoms with Crippen molar-refractivity contribution in [1.29, 1.82) is 0 Å². The quantitative estimate of drug-likeness (QED) is 0.762. The van der Waals surface area contributed by atoms with Crippen LogP contribution >= 0.6 is 0 Å². The van der Waals surface area contributed by atoms with E-state index in [-0.39, 0.29) is 12.2 Å². The highest BCUT2D eigenvalue weighted by molar-refractivity contribution is 5.87. The molecule has 0 radical (unpaired) electrons. The van der Waals surface area contributed by atoms with Crippen LogP contribution in [0.1, 0.15) is 23.1 Å². The summed E-state index contributed by atoms with van der Waals surface area (Å²) in [6.07, 6.45) is -0.963. The van der Waals surface area contributed by atoms with Crippen LogP contribution in [-0.4, -0.2) is 45.0 Å². The molecular weight excluding hydrogens is 226 g/mol. The fourth-order valence-electron chi connectivity index (χ4n) is 1.73. The second-order valence-electron chi connectivity index (χ2n) is 3.67. The van der Waals surface area contributed by atoms with Gasteiger partial charge < -0.3 is 14.7 Å². The summed E-state index contributed by atoms with van der Waals surface area (Å²) < 4.78 is 6.48. The molecule has 0 bridgehead atoms. The van der Waals surface area contributed by atoms with E-state index < -0.39 is 12.1 Å². The summed E-state index contributed by atoms with van der Waals surface area (Å²) in [7, 11) is 0. The van der Waals surface area contributed by atoms with Gasteiger partial charge in [0.15, 0.2) is 5.69 Å². The molecule has 0 aromatic carbocycles. The van der Waals surface area contributed by atoms with E-state index >= 15 is 0 Å². The first-order chi connectivity index (χ1) is 8.11. The summed E-state index contributed by atoms with van der Waals surface area (Å²) in [5.74, 6) is -0.476. The molecule has 0 unspecified atom stereocenters. The smallest absolute Gasteiger partial charge is 0.407 e. The number of hydrogen-bond acceptors (Lipinski definition) is 4. The van der Waals surface area contributed by atoms with Crippen LogP contribution in [-0.2, 0) is 17.8 Å². The third kappa shape index (κ3) is 2.22. The Morgan fingerprint density at radius 2 is 2.29 bits per heavy atom. The minimum Gasteiger partial charge on any atom is -0.465 e. The number of aromatic nitrogens is 2. The topological polar surface area (TPSA) is 84.7 Å². The van der Waals surface area contributed by atoms with Gasteiger partial charge in [0.1, 0.15) is 0 Å². The predicted octanol–water partition coefficient (Wildman–Crippen LogP) is 0.553. The predicted molar refractivity (Wildman–Crippen MR) is 56.6 cm³/mol. The fraction of sp³-hybridized carbons (Fsp3) is 0.500. The van der Waals surface area contributed by atoms with E-state index in [0.29, 0.717) is 25.4 Å². The van der Waals surface area contributed by atoms with Crippen molar-refractivity contribution in [2.75, 3.05) is 13.2 Å². The first-order valence-electron chi connectivity index (χ1n) is 5.33. The van der Waals surface area contributed by atoms with Crippen LogP contribution in [0.4, 0.5) is 4.79 Å². The summed E-state index contributed by atoms with van der Waals surface area (Å²) >= 11 is 0. The van der Waals surface area contributed by atoms with E-state index in [1.165, 1.54) is 4.90 Å². The monoisotopic (exact) mass is 239 g/mol. The van der Waals surface area contributed by atoms with Crippen molar-refractivity contribution in [1.82, 2.24) is 14.7 Å². The molecule has 0 spiro atoms. The molecule has 0 aliphatic carbocycles. The second kappa shape index (κ2) is 4.44. The maximum Gasteiger partial charge on any atom is 0.407 e. The van der Waals surface area contributed by atoms with Gasteiger partial charge in [-0.15, -0.1) is 0 Å². The van der Waals surface area contributed by atoms with Crippen LogP contribution in [0.5, 0.6) is 0 Å². The van der Waals surface area contributed by atoms with E-state index in [9.17, 15) is 9.59 Å². The molecule has 0 saturated carbocycles. The molecule has 1 aliphatic rings. The lowest BCUT2D eigenvalue weighted by Gasteiger charge is -2.24. The number of esters is 1. The van der Waals surface area contributed by atoms with E-state index in [4.69, 9.17) is 9.84 Å². The van der Waals surface area contributed by atoms with E-state index in [2.05, 4.69) is 5.10 Å². The first kappa shape index (κ1) is 11.4. The molecule has 0 fully saturated rings. The summed E-state index contributed by atoms with van der Waals surface area (Å²) in [6.45, 7) is 3.11. The second-order valence-corrected chi connectivity index (χ2v) is 3.67. The lowest BCUT2D eigenvalue weighted by atomic mass is 10.3. The number of hydrogen-bond donors (Lipinski definition) is 1. The molecule has 2 heterocycles. The number of carboxylic acid groups (broad SMARTS) is 1. The highest BCUT2D eigenvalue weighted by Crippen LogP contribution is 2.14. The zero-order chi connectivity index (χ0) is 12.4. The first-order valence-corrected chi connectivity index (χ1v) is 5.33. The molecule has 7 nitrogen and oxygen atoms in total. The zero-order valence-corrected chi connectivity index (χ0v) is 9.42. The number of fused-ring (bicyclic) bond motifs is 1. The Labute approximate surface area is 97.6 Å². The normalized spacial score (nSPS) is 14.3. The number of nitrogens with zero attached hydrogens (tertiary/aromatic N) is 3. The van der Waals surface area contributed by atoms with Crippen molar-refractivity contribution >= 4 is 12.1 Å². The number of carbonyl (C=O) groups is 2. The van der Waals surface area contributed by atoms with Crippen LogP contribution in [0.3, 0.4) is 0 Å². The van der Waals surface area contributed by atoms with E-state index in [0.717, 1.165) is 0 Å². The Hall–Kier alpha value is -2.05. The van der Waals surface area contributed by atoms with Gasteiger partial charge in [-0.1, -0.05) is 0 Å². The summed E-state index contributed by atoms with van der Waals surface area (Å²) in [5.41, 5.74) is 0.941. The van der Waals surface area contributed by atoms with E-state index in [1.54, 1.807) is 17.7 Å². The minimum atomic E-state index is -0.963. The van der Waals surface area contributed by atoms with Crippen molar-refractivity contribution in [2.24, 2.45) is 0 Å². The molecule has 7 heteroatoms. The van der Waals surface area contributed by atoms with Gasteiger partial charge in [-0.2, -0.15) is 5.10 Å². The molecule has 92 valence electrons. The van der Waals surface area contributed by atoms with E-state index in [1.807, 2.05) is 0 Å². The van der Waals surface area contributed by atoms with Gasteiger partial charge >= 0.3 is 12.1 Å². The van der Waals surface area contributed by atoms with Crippen molar-refractivity contribution in [3.8, 4) is 0 Å². The molecule has 17 heavy (non-hydrogen) atoms. The van der Waals surface area contributed by atoms with Gasteiger partial charge in [0, 0.05) is 6.54 Å². The Balaban J connectivity index is 2.17. The number of ether oxygens (including phenoxy) is 1. The van der Waals surface area contributed by atoms with Crippen LogP contribution in [0.2, 0.25) is 0 Å². The SMILES string of the molecule is CCOC(=O)c1cc2n(n1)CCN(C(=O)O)C2. The average molecular weight is 239 g/mol. The fourth-order valence-corrected chi connectivity index (χ4v) is 1.73. The third-order valence-corrected chi connectivity index (χ3v) is 2.55. The molecule has 1 aliphatic heterocycles. The van der Waals surface area contributed by atoms with Gasteiger partial charge in [0.05, 0.1) is 25.4 Å². The molecule has 0 saturated heterocycles. The highest BCUT2D eigenvalue weighted by Gasteiger charge is 2.23. The van der Waals surface area contributed by atoms with Crippen LogP contribution in [0, 0.1) is 0 Å². The van der Waals surface area contributed by atoms with Crippen LogP contribution in [0.15, 0.2) is 6.07 Å². The largest absolute Gasteiger partial charge is 0.465 e. The zero-order valence-electron chi connectivity index (χ0n) is 9.42. The molecule has 1 aromatic rings. The Kier molecular flexibility index (Phi) is 2.99. The molecule has 1 N–H and O–H groups in total. The van der Waals surface area contributed by atoms with Crippen LogP contribution in [0.25, 0.3) is 0 Å². The van der Waals surface area contributed by atoms with Gasteiger partial charge in [-0.05, 0) is 13.0 Å². The Bertz CT molecular complexity index is 454. The summed E-state index contributed by atoms with van der Waals surface area (Å²) in [4.78, 5) is 23.5. The maximum atomic E-state index is 11.4. The number of carbonyl (C=O) groups excluding carboxylic acids is 1.